The van der Waals surface area contributed by atoms with Crippen LogP contribution >= 0.6 is 0 Å². The Morgan fingerprint density at radius 2 is 2.18 bits per heavy atom. The highest BCUT2D eigenvalue weighted by Crippen LogP contribution is 2.21. The Balaban J connectivity index is 2.96. The van der Waals surface area contributed by atoms with Gasteiger partial charge in [0, 0.05) is 13.6 Å². The van der Waals surface area contributed by atoms with Crippen LogP contribution in [0.25, 0.3) is 0 Å². The predicted molar refractivity (Wildman–Crippen MR) is 63.2 cm³/mol. The van der Waals surface area contributed by atoms with E-state index in [1.54, 1.807) is 19.2 Å². The minimum Gasteiger partial charge on any atom is -0.368 e. The molecule has 0 unspecified atom stereocenters. The zero-order chi connectivity index (χ0) is 12.8. The van der Waals surface area contributed by atoms with Gasteiger partial charge < -0.3 is 10.2 Å². The highest BCUT2D eigenvalue weighted by atomic mass is 19.3. The van der Waals surface area contributed by atoms with E-state index in [1.807, 2.05) is 19.2 Å². The maximum Gasteiger partial charge on any atom is 0.255 e. The third-order valence-corrected chi connectivity index (χ3v) is 2.39. The fourth-order valence-electron chi connectivity index (χ4n) is 1.63. The Labute approximate surface area is 99.7 Å². The van der Waals surface area contributed by atoms with Gasteiger partial charge in [0.15, 0.2) is 0 Å². The van der Waals surface area contributed by atoms with Crippen molar-refractivity contribution >= 4 is 5.69 Å². The average Bonchev–Trinajstić information content (AvgIpc) is 2.28. The lowest BCUT2D eigenvalue weighted by Gasteiger charge is -2.20. The topological polar surface area (TPSA) is 39.1 Å². The van der Waals surface area contributed by atoms with E-state index in [1.165, 1.54) is 4.90 Å². The highest BCUT2D eigenvalue weighted by Gasteiger charge is 2.12. The average molecular weight is 239 g/mol. The molecule has 0 radical (unpaired) electrons. The maximum atomic E-state index is 12.3. The Kier molecular flexibility index (Phi) is 4.85. The fraction of sp³-hybridized carbons (Fsp3) is 0.417. The normalized spacial score (nSPS) is 10.4. The number of halogens is 2. The number of hydrogen-bond donors (Lipinski definition) is 1. The summed E-state index contributed by atoms with van der Waals surface area (Å²) in [6.45, 7) is 0.271. The van der Waals surface area contributed by atoms with Crippen molar-refractivity contribution in [3.63, 3.8) is 0 Å². The fourth-order valence-corrected chi connectivity index (χ4v) is 1.63. The van der Waals surface area contributed by atoms with E-state index in [9.17, 15) is 8.78 Å². The first-order valence-corrected chi connectivity index (χ1v) is 5.25. The van der Waals surface area contributed by atoms with Gasteiger partial charge in [0.2, 0.25) is 0 Å². The van der Waals surface area contributed by atoms with Gasteiger partial charge in [-0.1, -0.05) is 6.07 Å². The van der Waals surface area contributed by atoms with Crippen molar-refractivity contribution in [2.75, 3.05) is 25.5 Å². The zero-order valence-electron chi connectivity index (χ0n) is 9.87. The number of anilines is 1. The monoisotopic (exact) mass is 239 g/mol. The third-order valence-electron chi connectivity index (χ3n) is 2.39. The summed E-state index contributed by atoms with van der Waals surface area (Å²) in [6.07, 6.45) is -2.41. The molecule has 92 valence electrons. The number of nitriles is 1. The molecule has 5 heteroatoms. The molecule has 0 bridgehead atoms. The second kappa shape index (κ2) is 6.16. The van der Waals surface area contributed by atoms with Crippen molar-refractivity contribution in [2.45, 2.75) is 13.0 Å². The Morgan fingerprint density at radius 1 is 1.47 bits per heavy atom. The Bertz CT molecular complexity index is 413. The molecule has 0 aliphatic carbocycles. The van der Waals surface area contributed by atoms with Gasteiger partial charge >= 0.3 is 0 Å². The lowest BCUT2D eigenvalue weighted by atomic mass is 10.1. The van der Waals surface area contributed by atoms with Crippen LogP contribution in [0.5, 0.6) is 0 Å². The molecule has 0 saturated carbocycles. The summed E-state index contributed by atoms with van der Waals surface area (Å²) in [5.74, 6) is 0. The summed E-state index contributed by atoms with van der Waals surface area (Å²) in [4.78, 5) is 1.40. The van der Waals surface area contributed by atoms with Crippen molar-refractivity contribution in [2.24, 2.45) is 0 Å². The van der Waals surface area contributed by atoms with Crippen LogP contribution in [0.4, 0.5) is 14.5 Å². The molecule has 0 spiro atoms. The number of rotatable bonds is 5. The molecule has 0 heterocycles. The van der Waals surface area contributed by atoms with Crippen LogP contribution in [-0.2, 0) is 6.54 Å². The van der Waals surface area contributed by atoms with Crippen LogP contribution in [0.3, 0.4) is 0 Å². The highest BCUT2D eigenvalue weighted by molar-refractivity contribution is 5.60. The first-order valence-electron chi connectivity index (χ1n) is 5.25. The molecule has 0 fully saturated rings. The van der Waals surface area contributed by atoms with Crippen molar-refractivity contribution in [3.8, 4) is 6.07 Å². The molecule has 0 aliphatic heterocycles. The molecule has 0 aliphatic rings. The van der Waals surface area contributed by atoms with E-state index in [2.05, 4.69) is 5.32 Å². The van der Waals surface area contributed by atoms with Crippen LogP contribution < -0.4 is 10.2 Å². The van der Waals surface area contributed by atoms with E-state index >= 15 is 0 Å². The van der Waals surface area contributed by atoms with Gasteiger partial charge in [-0.05, 0) is 24.7 Å². The van der Waals surface area contributed by atoms with Crippen molar-refractivity contribution < 1.29 is 8.78 Å². The number of alkyl halides is 2. The van der Waals surface area contributed by atoms with Crippen molar-refractivity contribution in [1.82, 2.24) is 5.32 Å². The number of hydrogen-bond acceptors (Lipinski definition) is 3. The van der Waals surface area contributed by atoms with Crippen LogP contribution in [0.1, 0.15) is 11.1 Å². The van der Waals surface area contributed by atoms with Crippen LogP contribution in [0.15, 0.2) is 18.2 Å². The molecule has 1 N–H and O–H groups in total. The molecular weight excluding hydrogens is 224 g/mol. The minimum absolute atomic E-state index is 0.375. The molecule has 1 aromatic carbocycles. The second-order valence-electron chi connectivity index (χ2n) is 3.77. The van der Waals surface area contributed by atoms with Gasteiger partial charge in [-0.15, -0.1) is 0 Å². The van der Waals surface area contributed by atoms with Gasteiger partial charge in [-0.2, -0.15) is 5.26 Å². The smallest absolute Gasteiger partial charge is 0.255 e. The third kappa shape index (κ3) is 3.68. The lowest BCUT2D eigenvalue weighted by molar-refractivity contribution is 0.156. The molecule has 0 aromatic heterocycles. The largest absolute Gasteiger partial charge is 0.368 e. The molecule has 1 aromatic rings. The summed E-state index contributed by atoms with van der Waals surface area (Å²) < 4.78 is 24.5. The van der Waals surface area contributed by atoms with Crippen LogP contribution in [-0.4, -0.2) is 27.1 Å². The zero-order valence-corrected chi connectivity index (χ0v) is 9.87. The SMILES string of the molecule is CNCc1ccc(N(C)CC(F)F)c(C#N)c1. The first-order chi connectivity index (χ1) is 8.08. The van der Waals surface area contributed by atoms with Gasteiger partial charge in [-0.25, -0.2) is 8.78 Å². The van der Waals surface area contributed by atoms with Gasteiger partial charge in [0.1, 0.15) is 6.07 Å². The van der Waals surface area contributed by atoms with E-state index in [-0.39, 0.29) is 6.54 Å². The molecule has 0 amide bonds. The maximum absolute atomic E-state index is 12.3. The lowest BCUT2D eigenvalue weighted by Crippen LogP contribution is -2.24. The first kappa shape index (κ1) is 13.4. The van der Waals surface area contributed by atoms with E-state index in [4.69, 9.17) is 5.26 Å². The van der Waals surface area contributed by atoms with E-state index < -0.39 is 6.43 Å². The minimum atomic E-state index is -2.41. The van der Waals surface area contributed by atoms with Crippen molar-refractivity contribution in [3.05, 3.63) is 29.3 Å². The second-order valence-corrected chi connectivity index (χ2v) is 3.77. The number of benzene rings is 1. The van der Waals surface area contributed by atoms with Gasteiger partial charge in [-0.3, -0.25) is 0 Å². The standard InChI is InChI=1S/C12H15F2N3/c1-16-7-9-3-4-11(10(5-9)6-15)17(2)8-12(13)14/h3-5,12,16H,7-8H2,1-2H3. The number of nitrogens with zero attached hydrogens (tertiary/aromatic N) is 2. The van der Waals surface area contributed by atoms with E-state index in [0.717, 1.165) is 5.56 Å². The summed E-state index contributed by atoms with van der Waals surface area (Å²) in [5.41, 5.74) is 1.91. The van der Waals surface area contributed by atoms with Crippen LogP contribution in [0, 0.1) is 11.3 Å². The molecule has 0 saturated heterocycles. The number of nitrogens with one attached hydrogen (secondary N) is 1. The van der Waals surface area contributed by atoms with Crippen LogP contribution in [0.2, 0.25) is 0 Å². The Hall–Kier alpha value is -1.67. The molecule has 0 atom stereocenters. The molecule has 17 heavy (non-hydrogen) atoms. The summed E-state index contributed by atoms with van der Waals surface area (Å²) in [5, 5.41) is 12.0. The van der Waals surface area contributed by atoms with Gasteiger partial charge in [0.25, 0.3) is 6.43 Å². The van der Waals surface area contributed by atoms with E-state index in [0.29, 0.717) is 17.8 Å². The molecule has 3 nitrogen and oxygen atoms in total. The predicted octanol–water partition coefficient (Wildman–Crippen LogP) is 1.98. The summed E-state index contributed by atoms with van der Waals surface area (Å²) in [7, 11) is 3.36. The summed E-state index contributed by atoms with van der Waals surface area (Å²) in [6, 6.07) is 7.28. The van der Waals surface area contributed by atoms with Gasteiger partial charge in [0.05, 0.1) is 17.8 Å². The Morgan fingerprint density at radius 3 is 2.71 bits per heavy atom. The summed E-state index contributed by atoms with van der Waals surface area (Å²) >= 11 is 0. The quantitative estimate of drug-likeness (QED) is 0.854. The van der Waals surface area contributed by atoms with Crippen molar-refractivity contribution in [1.29, 1.82) is 5.26 Å². The molecular formula is C12H15F2N3. The molecule has 1 rings (SSSR count).